The highest BCUT2D eigenvalue weighted by atomic mass is 16.2. The molecular formula is C22H21N5O. The van der Waals surface area contributed by atoms with Crippen LogP contribution in [0.4, 0.5) is 5.69 Å². The van der Waals surface area contributed by atoms with E-state index in [1.165, 1.54) is 5.56 Å². The van der Waals surface area contributed by atoms with Gasteiger partial charge < -0.3 is 5.32 Å². The Morgan fingerprint density at radius 1 is 1.04 bits per heavy atom. The fourth-order valence-corrected chi connectivity index (χ4v) is 3.25. The number of anilines is 1. The third kappa shape index (κ3) is 3.36. The van der Waals surface area contributed by atoms with Gasteiger partial charge in [0.2, 0.25) is 0 Å². The summed E-state index contributed by atoms with van der Waals surface area (Å²) in [6.45, 7) is 5.88. The number of hydrogen-bond acceptors (Lipinski definition) is 4. The molecule has 0 aliphatic carbocycles. The number of carbonyl (C=O) groups is 1. The van der Waals surface area contributed by atoms with E-state index in [0.717, 1.165) is 33.3 Å². The Labute approximate surface area is 163 Å². The van der Waals surface area contributed by atoms with Crippen LogP contribution in [0.5, 0.6) is 0 Å². The summed E-state index contributed by atoms with van der Waals surface area (Å²) in [6, 6.07) is 11.9. The lowest BCUT2D eigenvalue weighted by Crippen LogP contribution is -2.15. The quantitative estimate of drug-likeness (QED) is 0.585. The van der Waals surface area contributed by atoms with Crippen LogP contribution in [0, 0.1) is 20.8 Å². The van der Waals surface area contributed by atoms with Gasteiger partial charge in [0, 0.05) is 41.6 Å². The van der Waals surface area contributed by atoms with Gasteiger partial charge in [-0.15, -0.1) is 0 Å². The molecule has 0 saturated carbocycles. The highest BCUT2D eigenvalue weighted by Gasteiger charge is 2.15. The van der Waals surface area contributed by atoms with E-state index in [1.54, 1.807) is 11.7 Å². The standard InChI is InChI=1S/C22H21N5O/c1-13-5-7-19-17(9-13)11-23-21(24-19)16-6-8-18(14(2)10-16)25-22(28)20-15(3)12-27(4)26-20/h5-12H,1-4H3,(H,25,28). The third-order valence-electron chi connectivity index (χ3n) is 4.69. The maximum atomic E-state index is 12.5. The zero-order chi connectivity index (χ0) is 19.8. The first-order chi connectivity index (χ1) is 13.4. The maximum absolute atomic E-state index is 12.5. The summed E-state index contributed by atoms with van der Waals surface area (Å²) in [6.07, 6.45) is 3.67. The van der Waals surface area contributed by atoms with Gasteiger partial charge in [0.25, 0.3) is 5.91 Å². The van der Waals surface area contributed by atoms with E-state index in [1.807, 2.05) is 56.6 Å². The van der Waals surface area contributed by atoms with Gasteiger partial charge in [-0.3, -0.25) is 9.48 Å². The molecular weight excluding hydrogens is 350 g/mol. The summed E-state index contributed by atoms with van der Waals surface area (Å²) >= 11 is 0. The lowest BCUT2D eigenvalue weighted by Gasteiger charge is -2.10. The maximum Gasteiger partial charge on any atom is 0.276 e. The van der Waals surface area contributed by atoms with Gasteiger partial charge in [0.05, 0.1) is 5.52 Å². The van der Waals surface area contributed by atoms with Crippen molar-refractivity contribution in [2.45, 2.75) is 20.8 Å². The van der Waals surface area contributed by atoms with Gasteiger partial charge in [0.1, 0.15) is 0 Å². The van der Waals surface area contributed by atoms with E-state index in [0.29, 0.717) is 11.5 Å². The SMILES string of the molecule is Cc1ccc2nc(-c3ccc(NC(=O)c4nn(C)cc4C)c(C)c3)ncc2c1. The topological polar surface area (TPSA) is 72.7 Å². The van der Waals surface area contributed by atoms with Gasteiger partial charge in [-0.1, -0.05) is 11.6 Å². The number of fused-ring (bicyclic) bond motifs is 1. The van der Waals surface area contributed by atoms with Gasteiger partial charge in [-0.2, -0.15) is 5.10 Å². The molecule has 140 valence electrons. The number of rotatable bonds is 3. The van der Waals surface area contributed by atoms with Crippen molar-refractivity contribution >= 4 is 22.5 Å². The van der Waals surface area contributed by atoms with Crippen molar-refractivity contribution in [3.8, 4) is 11.4 Å². The van der Waals surface area contributed by atoms with Crippen LogP contribution in [0.25, 0.3) is 22.3 Å². The molecule has 0 bridgehead atoms. The predicted octanol–water partition coefficient (Wildman–Crippen LogP) is 4.21. The first-order valence-electron chi connectivity index (χ1n) is 9.07. The van der Waals surface area contributed by atoms with E-state index in [4.69, 9.17) is 0 Å². The lowest BCUT2D eigenvalue weighted by atomic mass is 10.1. The smallest absolute Gasteiger partial charge is 0.276 e. The molecule has 1 N–H and O–H groups in total. The number of nitrogens with zero attached hydrogens (tertiary/aromatic N) is 4. The molecule has 6 nitrogen and oxygen atoms in total. The Morgan fingerprint density at radius 3 is 2.57 bits per heavy atom. The number of amides is 1. The van der Waals surface area contributed by atoms with Crippen LogP contribution in [0.15, 0.2) is 48.8 Å². The molecule has 2 aromatic carbocycles. The van der Waals surface area contributed by atoms with Crippen LogP contribution in [-0.4, -0.2) is 25.7 Å². The molecule has 0 aliphatic heterocycles. The van der Waals surface area contributed by atoms with E-state index >= 15 is 0 Å². The number of hydrogen-bond donors (Lipinski definition) is 1. The van der Waals surface area contributed by atoms with Crippen LogP contribution in [-0.2, 0) is 7.05 Å². The van der Waals surface area contributed by atoms with Gasteiger partial charge >= 0.3 is 0 Å². The molecule has 0 aliphatic rings. The van der Waals surface area contributed by atoms with Crippen LogP contribution in [0.3, 0.4) is 0 Å². The normalized spacial score (nSPS) is 11.0. The first-order valence-corrected chi connectivity index (χ1v) is 9.07. The second-order valence-corrected chi connectivity index (χ2v) is 7.07. The molecule has 0 spiro atoms. The Morgan fingerprint density at radius 2 is 1.86 bits per heavy atom. The highest BCUT2D eigenvalue weighted by molar-refractivity contribution is 6.04. The molecule has 28 heavy (non-hydrogen) atoms. The molecule has 4 rings (SSSR count). The van der Waals surface area contributed by atoms with Crippen molar-refractivity contribution < 1.29 is 4.79 Å². The Bertz CT molecular complexity index is 1210. The van der Waals surface area contributed by atoms with Crippen LogP contribution < -0.4 is 5.32 Å². The summed E-state index contributed by atoms with van der Waals surface area (Å²) in [5.41, 5.74) is 5.96. The predicted molar refractivity (Wildman–Crippen MR) is 110 cm³/mol. The number of nitrogens with one attached hydrogen (secondary N) is 1. The third-order valence-corrected chi connectivity index (χ3v) is 4.69. The van der Waals surface area contributed by atoms with Crippen molar-refractivity contribution in [2.75, 3.05) is 5.32 Å². The summed E-state index contributed by atoms with van der Waals surface area (Å²) in [5, 5.41) is 8.18. The number of aryl methyl sites for hydroxylation is 4. The summed E-state index contributed by atoms with van der Waals surface area (Å²) in [5.74, 6) is 0.448. The van der Waals surface area contributed by atoms with E-state index in [-0.39, 0.29) is 5.91 Å². The average Bonchev–Trinajstić information content (AvgIpc) is 3.01. The molecule has 0 atom stereocenters. The zero-order valence-electron chi connectivity index (χ0n) is 16.3. The van der Waals surface area contributed by atoms with E-state index in [2.05, 4.69) is 33.4 Å². The number of benzene rings is 2. The summed E-state index contributed by atoms with van der Waals surface area (Å²) < 4.78 is 1.64. The Kier molecular flexibility index (Phi) is 4.39. The van der Waals surface area contributed by atoms with Crippen molar-refractivity contribution in [1.29, 1.82) is 0 Å². The molecule has 0 unspecified atom stereocenters. The summed E-state index contributed by atoms with van der Waals surface area (Å²) in [7, 11) is 1.80. The van der Waals surface area contributed by atoms with Gasteiger partial charge in [-0.25, -0.2) is 9.97 Å². The monoisotopic (exact) mass is 371 g/mol. The minimum atomic E-state index is -0.216. The second kappa shape index (κ2) is 6.88. The van der Waals surface area contributed by atoms with Crippen molar-refractivity contribution in [3.05, 3.63) is 71.2 Å². The minimum absolute atomic E-state index is 0.216. The first kappa shape index (κ1) is 17.9. The average molecular weight is 371 g/mol. The number of aromatic nitrogens is 4. The second-order valence-electron chi connectivity index (χ2n) is 7.07. The molecule has 0 radical (unpaired) electrons. The van der Waals surface area contributed by atoms with Crippen molar-refractivity contribution in [3.63, 3.8) is 0 Å². The molecule has 2 heterocycles. The fraction of sp³-hybridized carbons (Fsp3) is 0.182. The number of carbonyl (C=O) groups excluding carboxylic acids is 1. The van der Waals surface area contributed by atoms with E-state index in [9.17, 15) is 4.79 Å². The lowest BCUT2D eigenvalue weighted by molar-refractivity contribution is 0.102. The Balaban J connectivity index is 1.62. The summed E-state index contributed by atoms with van der Waals surface area (Å²) in [4.78, 5) is 21.7. The fourth-order valence-electron chi connectivity index (χ4n) is 3.25. The van der Waals surface area contributed by atoms with Gasteiger partial charge in [0.15, 0.2) is 11.5 Å². The van der Waals surface area contributed by atoms with Crippen molar-refractivity contribution in [1.82, 2.24) is 19.7 Å². The molecule has 4 aromatic rings. The van der Waals surface area contributed by atoms with Crippen LogP contribution in [0.2, 0.25) is 0 Å². The van der Waals surface area contributed by atoms with Crippen LogP contribution in [0.1, 0.15) is 27.2 Å². The zero-order valence-corrected chi connectivity index (χ0v) is 16.3. The minimum Gasteiger partial charge on any atom is -0.320 e. The molecule has 0 fully saturated rings. The highest BCUT2D eigenvalue weighted by Crippen LogP contribution is 2.24. The van der Waals surface area contributed by atoms with E-state index < -0.39 is 0 Å². The molecule has 0 saturated heterocycles. The largest absolute Gasteiger partial charge is 0.320 e. The van der Waals surface area contributed by atoms with Crippen molar-refractivity contribution in [2.24, 2.45) is 7.05 Å². The molecule has 6 heteroatoms. The molecule has 2 aromatic heterocycles. The molecule has 1 amide bonds. The van der Waals surface area contributed by atoms with Gasteiger partial charge in [-0.05, 0) is 56.7 Å². The Hall–Kier alpha value is -3.54. The van der Waals surface area contributed by atoms with Crippen LogP contribution >= 0.6 is 0 Å².